The van der Waals surface area contributed by atoms with E-state index in [1.807, 2.05) is 12.1 Å². The van der Waals surface area contributed by atoms with Crippen LogP contribution in [0.3, 0.4) is 0 Å². The van der Waals surface area contributed by atoms with Crippen molar-refractivity contribution in [3.63, 3.8) is 0 Å². The van der Waals surface area contributed by atoms with E-state index in [2.05, 4.69) is 23.5 Å². The molecule has 0 fully saturated rings. The Bertz CT molecular complexity index is 673. The molecule has 1 aliphatic rings. The summed E-state index contributed by atoms with van der Waals surface area (Å²) >= 11 is 0. The van der Waals surface area contributed by atoms with Crippen molar-refractivity contribution in [3.05, 3.63) is 65.0 Å². The lowest BCUT2D eigenvalue weighted by Gasteiger charge is -2.27. The van der Waals surface area contributed by atoms with Gasteiger partial charge in [-0.15, -0.1) is 0 Å². The Morgan fingerprint density at radius 2 is 2.05 bits per heavy atom. The summed E-state index contributed by atoms with van der Waals surface area (Å²) in [5.74, 6) is -0.379. The molecule has 0 saturated carbocycles. The first-order valence-corrected chi connectivity index (χ1v) is 6.81. The Labute approximate surface area is 117 Å². The van der Waals surface area contributed by atoms with Gasteiger partial charge in [0, 0.05) is 5.69 Å². The molecule has 100 valence electrons. The molecule has 3 heteroatoms. The maximum Gasteiger partial charge on any atom is 0.126 e. The Hall–Kier alpha value is -2.34. The maximum absolute atomic E-state index is 13.5. The topological polar surface area (TPSA) is 35.8 Å². The van der Waals surface area contributed by atoms with Crippen LogP contribution in [0.2, 0.25) is 0 Å². The highest BCUT2D eigenvalue weighted by Crippen LogP contribution is 2.32. The van der Waals surface area contributed by atoms with E-state index in [0.717, 1.165) is 19.3 Å². The van der Waals surface area contributed by atoms with Crippen LogP contribution >= 0.6 is 0 Å². The maximum atomic E-state index is 13.5. The van der Waals surface area contributed by atoms with E-state index in [1.54, 1.807) is 6.07 Å². The molecule has 1 N–H and O–H groups in total. The Morgan fingerprint density at radius 3 is 2.90 bits per heavy atom. The highest BCUT2D eigenvalue weighted by atomic mass is 19.1. The van der Waals surface area contributed by atoms with Gasteiger partial charge in [-0.05, 0) is 48.6 Å². The van der Waals surface area contributed by atoms with Crippen LogP contribution in [0.5, 0.6) is 0 Å². The van der Waals surface area contributed by atoms with Gasteiger partial charge < -0.3 is 5.32 Å². The summed E-state index contributed by atoms with van der Waals surface area (Å²) in [6.45, 7) is 0. The molecule has 0 aromatic heterocycles. The Kier molecular flexibility index (Phi) is 3.39. The average molecular weight is 266 g/mol. The monoisotopic (exact) mass is 266 g/mol. The number of anilines is 1. The number of hydrogen-bond acceptors (Lipinski definition) is 2. The highest BCUT2D eigenvalue weighted by molar-refractivity contribution is 5.52. The summed E-state index contributed by atoms with van der Waals surface area (Å²) in [4.78, 5) is 0. The number of halogens is 1. The first-order chi connectivity index (χ1) is 9.76. The highest BCUT2D eigenvalue weighted by Gasteiger charge is 2.19. The number of benzene rings is 2. The second-order valence-corrected chi connectivity index (χ2v) is 5.13. The summed E-state index contributed by atoms with van der Waals surface area (Å²) < 4.78 is 13.5. The van der Waals surface area contributed by atoms with Crippen molar-refractivity contribution in [3.8, 4) is 6.07 Å². The molecule has 0 saturated heterocycles. The van der Waals surface area contributed by atoms with Gasteiger partial charge in [0.2, 0.25) is 0 Å². The van der Waals surface area contributed by atoms with Crippen LogP contribution in [0.25, 0.3) is 0 Å². The predicted molar refractivity (Wildman–Crippen MR) is 76.9 cm³/mol. The van der Waals surface area contributed by atoms with E-state index in [4.69, 9.17) is 5.26 Å². The van der Waals surface area contributed by atoms with Gasteiger partial charge in [-0.25, -0.2) is 4.39 Å². The first kappa shape index (κ1) is 12.7. The van der Waals surface area contributed by atoms with E-state index in [1.165, 1.54) is 23.3 Å². The van der Waals surface area contributed by atoms with E-state index in [0.29, 0.717) is 11.3 Å². The van der Waals surface area contributed by atoms with Gasteiger partial charge in [0.25, 0.3) is 0 Å². The molecule has 0 spiro atoms. The lowest BCUT2D eigenvalue weighted by molar-refractivity contribution is 0.597. The van der Waals surface area contributed by atoms with Gasteiger partial charge in [0.15, 0.2) is 0 Å². The van der Waals surface area contributed by atoms with Crippen LogP contribution in [0.1, 0.15) is 35.6 Å². The molecule has 0 heterocycles. The number of aryl methyl sites for hydroxylation is 1. The van der Waals surface area contributed by atoms with Crippen molar-refractivity contribution in [1.82, 2.24) is 0 Å². The van der Waals surface area contributed by atoms with Crippen LogP contribution in [0.15, 0.2) is 42.5 Å². The standard InChI is InChI=1S/C17H15FN2/c18-14-8-12(11-19)9-15(10-14)20-17-7-3-5-13-4-1-2-6-16(13)17/h1-2,4,6,8-10,17,20H,3,5,7H2. The van der Waals surface area contributed by atoms with Crippen LogP contribution in [-0.4, -0.2) is 0 Å². The van der Waals surface area contributed by atoms with Crippen molar-refractivity contribution in [2.75, 3.05) is 5.32 Å². The van der Waals surface area contributed by atoms with Crippen molar-refractivity contribution in [2.24, 2.45) is 0 Å². The minimum absolute atomic E-state index is 0.188. The third-order valence-corrected chi connectivity index (χ3v) is 3.74. The van der Waals surface area contributed by atoms with Gasteiger partial charge in [-0.1, -0.05) is 24.3 Å². The molecule has 0 radical (unpaired) electrons. The number of hydrogen-bond donors (Lipinski definition) is 1. The summed E-state index contributed by atoms with van der Waals surface area (Å²) in [6, 6.07) is 14.9. The van der Waals surface area contributed by atoms with Crippen LogP contribution < -0.4 is 5.32 Å². The number of fused-ring (bicyclic) bond motifs is 1. The molecule has 0 amide bonds. The lowest BCUT2D eigenvalue weighted by atomic mass is 9.87. The molecule has 2 aromatic carbocycles. The minimum atomic E-state index is -0.379. The second-order valence-electron chi connectivity index (χ2n) is 5.13. The third-order valence-electron chi connectivity index (χ3n) is 3.74. The molecule has 20 heavy (non-hydrogen) atoms. The van der Waals surface area contributed by atoms with Gasteiger partial charge >= 0.3 is 0 Å². The molecule has 1 atom stereocenters. The number of rotatable bonds is 2. The third kappa shape index (κ3) is 2.50. The van der Waals surface area contributed by atoms with Gasteiger partial charge in [0.05, 0.1) is 17.7 Å². The number of nitriles is 1. The second kappa shape index (κ2) is 5.34. The fourth-order valence-corrected chi connectivity index (χ4v) is 2.84. The van der Waals surface area contributed by atoms with Crippen LogP contribution in [0.4, 0.5) is 10.1 Å². The zero-order valence-corrected chi connectivity index (χ0v) is 11.1. The average Bonchev–Trinajstić information content (AvgIpc) is 2.47. The summed E-state index contributed by atoms with van der Waals surface area (Å²) in [5.41, 5.74) is 3.65. The van der Waals surface area contributed by atoms with Crippen molar-refractivity contribution in [1.29, 1.82) is 5.26 Å². The molecule has 2 aromatic rings. The molecule has 1 unspecified atom stereocenters. The first-order valence-electron chi connectivity index (χ1n) is 6.81. The fraction of sp³-hybridized carbons (Fsp3) is 0.235. The SMILES string of the molecule is N#Cc1cc(F)cc(NC2CCCc3ccccc32)c1. The molecular weight excluding hydrogens is 251 g/mol. The van der Waals surface area contributed by atoms with Crippen molar-refractivity contribution in [2.45, 2.75) is 25.3 Å². The van der Waals surface area contributed by atoms with Gasteiger partial charge in [-0.3, -0.25) is 0 Å². The van der Waals surface area contributed by atoms with E-state index in [9.17, 15) is 4.39 Å². The number of nitrogens with one attached hydrogen (secondary N) is 1. The molecule has 2 nitrogen and oxygen atoms in total. The summed E-state index contributed by atoms with van der Waals surface area (Å²) in [5, 5.41) is 12.3. The lowest BCUT2D eigenvalue weighted by Crippen LogP contribution is -2.17. The summed E-state index contributed by atoms with van der Waals surface area (Å²) in [7, 11) is 0. The minimum Gasteiger partial charge on any atom is -0.378 e. The molecule has 3 rings (SSSR count). The van der Waals surface area contributed by atoms with Gasteiger partial charge in [-0.2, -0.15) is 5.26 Å². The van der Waals surface area contributed by atoms with E-state index in [-0.39, 0.29) is 11.9 Å². The van der Waals surface area contributed by atoms with Crippen molar-refractivity contribution < 1.29 is 4.39 Å². The predicted octanol–water partition coefficient (Wildman–Crippen LogP) is 4.19. The van der Waals surface area contributed by atoms with Gasteiger partial charge in [0.1, 0.15) is 5.82 Å². The zero-order chi connectivity index (χ0) is 13.9. The fourth-order valence-electron chi connectivity index (χ4n) is 2.84. The quantitative estimate of drug-likeness (QED) is 0.884. The smallest absolute Gasteiger partial charge is 0.126 e. The van der Waals surface area contributed by atoms with E-state index < -0.39 is 0 Å². The Balaban J connectivity index is 1.89. The van der Waals surface area contributed by atoms with E-state index >= 15 is 0 Å². The zero-order valence-electron chi connectivity index (χ0n) is 11.1. The molecule has 0 bridgehead atoms. The molecule has 0 aliphatic heterocycles. The normalized spacial score (nSPS) is 17.1. The van der Waals surface area contributed by atoms with Crippen LogP contribution in [-0.2, 0) is 6.42 Å². The Morgan fingerprint density at radius 1 is 1.20 bits per heavy atom. The molecule has 1 aliphatic carbocycles. The summed E-state index contributed by atoms with van der Waals surface area (Å²) in [6.07, 6.45) is 3.24. The number of nitrogens with zero attached hydrogens (tertiary/aromatic N) is 1. The molecular formula is C17H15FN2. The van der Waals surface area contributed by atoms with Crippen molar-refractivity contribution >= 4 is 5.69 Å². The largest absolute Gasteiger partial charge is 0.378 e. The van der Waals surface area contributed by atoms with Crippen LogP contribution in [0, 0.1) is 17.1 Å².